The fourth-order valence-electron chi connectivity index (χ4n) is 4.55. The van der Waals surface area contributed by atoms with Gasteiger partial charge in [0.15, 0.2) is 5.13 Å². The SMILES string of the molecule is CCC(Sc1cccc(NC(=O)/C(=C\c2ccc(OC)cc2)NC(=O)c2ccccc2)c1)C(=O)Nc1nc(-c2ccc(OC)cc2)cs1. The van der Waals surface area contributed by atoms with Gasteiger partial charge in [-0.2, -0.15) is 0 Å². The van der Waals surface area contributed by atoms with Crippen LogP contribution >= 0.6 is 23.1 Å². The van der Waals surface area contributed by atoms with Crippen molar-refractivity contribution >= 4 is 57.7 Å². The van der Waals surface area contributed by atoms with Crippen molar-refractivity contribution in [2.24, 2.45) is 0 Å². The van der Waals surface area contributed by atoms with Gasteiger partial charge in [-0.1, -0.05) is 43.3 Å². The summed E-state index contributed by atoms with van der Waals surface area (Å²) in [4.78, 5) is 45.2. The van der Waals surface area contributed by atoms with E-state index in [1.165, 1.54) is 23.1 Å². The molecule has 1 heterocycles. The molecule has 11 heteroatoms. The van der Waals surface area contributed by atoms with Gasteiger partial charge in [0.1, 0.15) is 17.2 Å². The lowest BCUT2D eigenvalue weighted by Crippen LogP contribution is -2.30. The van der Waals surface area contributed by atoms with Crippen LogP contribution in [0.2, 0.25) is 0 Å². The number of rotatable bonds is 13. The summed E-state index contributed by atoms with van der Waals surface area (Å²) in [6.07, 6.45) is 2.17. The van der Waals surface area contributed by atoms with E-state index in [4.69, 9.17) is 9.47 Å². The van der Waals surface area contributed by atoms with Crippen molar-refractivity contribution < 1.29 is 23.9 Å². The number of nitrogens with zero attached hydrogens (tertiary/aromatic N) is 1. The molecule has 1 unspecified atom stereocenters. The monoisotopic (exact) mass is 678 g/mol. The fourth-order valence-corrected chi connectivity index (χ4v) is 6.29. The minimum absolute atomic E-state index is 0.0651. The second-order valence-corrected chi connectivity index (χ2v) is 12.5. The predicted molar refractivity (Wildman–Crippen MR) is 193 cm³/mol. The number of hydrogen-bond acceptors (Lipinski definition) is 8. The van der Waals surface area contributed by atoms with Crippen molar-refractivity contribution in [3.05, 3.63) is 125 Å². The van der Waals surface area contributed by atoms with E-state index >= 15 is 0 Å². The molecule has 0 fully saturated rings. The van der Waals surface area contributed by atoms with Crippen molar-refractivity contribution in [3.8, 4) is 22.8 Å². The minimum atomic E-state index is -0.501. The fraction of sp³-hybridized carbons (Fsp3) is 0.135. The van der Waals surface area contributed by atoms with Gasteiger partial charge in [-0.05, 0) is 84.8 Å². The molecule has 1 atom stereocenters. The summed E-state index contributed by atoms with van der Waals surface area (Å²) in [5, 5.41) is 10.6. The smallest absolute Gasteiger partial charge is 0.272 e. The molecule has 0 aliphatic rings. The molecule has 0 saturated carbocycles. The van der Waals surface area contributed by atoms with E-state index in [9.17, 15) is 14.4 Å². The van der Waals surface area contributed by atoms with Crippen LogP contribution in [0.4, 0.5) is 10.8 Å². The third-order valence-corrected chi connectivity index (χ3v) is 9.22. The molecular weight excluding hydrogens is 645 g/mol. The molecule has 4 aromatic carbocycles. The van der Waals surface area contributed by atoms with Crippen LogP contribution in [0.1, 0.15) is 29.3 Å². The Labute approximate surface area is 287 Å². The van der Waals surface area contributed by atoms with Crippen LogP contribution in [-0.2, 0) is 9.59 Å². The average Bonchev–Trinajstić information content (AvgIpc) is 3.59. The molecule has 244 valence electrons. The Bertz CT molecular complexity index is 1890. The maximum atomic E-state index is 13.5. The van der Waals surface area contributed by atoms with E-state index in [0.717, 1.165) is 21.9 Å². The van der Waals surface area contributed by atoms with Gasteiger partial charge in [0, 0.05) is 27.1 Å². The number of hydrogen-bond donors (Lipinski definition) is 3. The second kappa shape index (κ2) is 16.4. The van der Waals surface area contributed by atoms with Gasteiger partial charge in [0.05, 0.1) is 25.2 Å². The Kier molecular flexibility index (Phi) is 11.6. The van der Waals surface area contributed by atoms with Crippen LogP contribution in [-0.4, -0.2) is 42.2 Å². The predicted octanol–water partition coefficient (Wildman–Crippen LogP) is 7.75. The Hall–Kier alpha value is -5.39. The molecule has 3 N–H and O–H groups in total. The maximum absolute atomic E-state index is 13.5. The molecule has 5 aromatic rings. The lowest BCUT2D eigenvalue weighted by molar-refractivity contribution is -0.116. The zero-order valence-electron chi connectivity index (χ0n) is 26.6. The number of thioether (sulfide) groups is 1. The molecule has 1 aromatic heterocycles. The number of methoxy groups -OCH3 is 2. The Morgan fingerprint density at radius 2 is 1.54 bits per heavy atom. The van der Waals surface area contributed by atoms with Crippen molar-refractivity contribution in [3.63, 3.8) is 0 Å². The number of nitrogens with one attached hydrogen (secondary N) is 3. The van der Waals surface area contributed by atoms with Crippen molar-refractivity contribution in [2.75, 3.05) is 24.9 Å². The quantitative estimate of drug-likeness (QED) is 0.0861. The first kappa shape index (κ1) is 34.0. The molecule has 5 rings (SSSR count). The highest BCUT2D eigenvalue weighted by Gasteiger charge is 2.21. The van der Waals surface area contributed by atoms with Crippen molar-refractivity contribution in [2.45, 2.75) is 23.5 Å². The summed E-state index contributed by atoms with van der Waals surface area (Å²) in [6.45, 7) is 1.94. The summed E-state index contributed by atoms with van der Waals surface area (Å²) >= 11 is 2.75. The normalized spacial score (nSPS) is 11.7. The van der Waals surface area contributed by atoms with E-state index in [-0.39, 0.29) is 11.6 Å². The van der Waals surface area contributed by atoms with Crippen LogP contribution in [0.5, 0.6) is 11.5 Å². The average molecular weight is 679 g/mol. The number of benzene rings is 4. The Balaban J connectivity index is 1.27. The molecule has 0 aliphatic heterocycles. The lowest BCUT2D eigenvalue weighted by atomic mass is 10.1. The van der Waals surface area contributed by atoms with E-state index in [1.54, 1.807) is 87.0 Å². The highest BCUT2D eigenvalue weighted by molar-refractivity contribution is 8.00. The Morgan fingerprint density at radius 1 is 0.854 bits per heavy atom. The number of carbonyl (C=O) groups is 3. The Morgan fingerprint density at radius 3 is 2.21 bits per heavy atom. The number of aromatic nitrogens is 1. The molecule has 9 nitrogen and oxygen atoms in total. The standard InChI is InChI=1S/C37H34N4O5S2/c1-4-33(36(44)41-37-40-32(23-47-37)25-15-19-29(46-3)20-16-25)48-30-12-8-11-27(22-30)38-35(43)31(21-24-13-17-28(45-2)18-14-24)39-34(42)26-9-6-5-7-10-26/h5-23,33H,4H2,1-3H3,(H,38,43)(H,39,42)(H,40,41,44)/b31-21+. The molecule has 48 heavy (non-hydrogen) atoms. The first-order chi connectivity index (χ1) is 23.3. The maximum Gasteiger partial charge on any atom is 0.272 e. The van der Waals surface area contributed by atoms with Crippen LogP contribution in [0, 0.1) is 0 Å². The van der Waals surface area contributed by atoms with Gasteiger partial charge in [0.25, 0.3) is 11.8 Å². The summed E-state index contributed by atoms with van der Waals surface area (Å²) in [6, 6.07) is 30.6. The van der Waals surface area contributed by atoms with Crippen molar-refractivity contribution in [1.29, 1.82) is 0 Å². The second-order valence-electron chi connectivity index (χ2n) is 10.4. The zero-order chi connectivity index (χ0) is 33.9. The van der Waals surface area contributed by atoms with Gasteiger partial charge < -0.3 is 25.4 Å². The number of anilines is 2. The number of carbonyl (C=O) groups excluding carboxylic acids is 3. The van der Waals surface area contributed by atoms with Crippen LogP contribution in [0.3, 0.4) is 0 Å². The molecule has 0 spiro atoms. The van der Waals surface area contributed by atoms with Gasteiger partial charge >= 0.3 is 0 Å². The van der Waals surface area contributed by atoms with E-state index in [2.05, 4.69) is 20.9 Å². The summed E-state index contributed by atoms with van der Waals surface area (Å²) in [7, 11) is 3.19. The third kappa shape index (κ3) is 9.11. The highest BCUT2D eigenvalue weighted by Crippen LogP contribution is 2.31. The van der Waals surface area contributed by atoms with Crippen molar-refractivity contribution in [1.82, 2.24) is 10.3 Å². The minimum Gasteiger partial charge on any atom is -0.497 e. The van der Waals surface area contributed by atoms with Crippen LogP contribution in [0.25, 0.3) is 17.3 Å². The van der Waals surface area contributed by atoms with Crippen LogP contribution in [0.15, 0.2) is 119 Å². The highest BCUT2D eigenvalue weighted by atomic mass is 32.2. The van der Waals surface area contributed by atoms with Gasteiger partial charge in [-0.15, -0.1) is 23.1 Å². The molecule has 0 bridgehead atoms. The molecular formula is C37H34N4O5S2. The summed E-state index contributed by atoms with van der Waals surface area (Å²) in [5.41, 5.74) is 3.39. The largest absolute Gasteiger partial charge is 0.497 e. The first-order valence-corrected chi connectivity index (χ1v) is 16.8. The van der Waals surface area contributed by atoms with E-state index in [1.807, 2.05) is 48.7 Å². The number of amides is 3. The molecule has 0 aliphatic carbocycles. The van der Waals surface area contributed by atoms with Crippen LogP contribution < -0.4 is 25.4 Å². The first-order valence-electron chi connectivity index (χ1n) is 15.1. The topological polar surface area (TPSA) is 119 Å². The third-order valence-electron chi connectivity index (χ3n) is 7.11. The van der Waals surface area contributed by atoms with Gasteiger partial charge in [-0.3, -0.25) is 14.4 Å². The molecule has 0 saturated heterocycles. The molecule has 0 radical (unpaired) electrons. The van der Waals surface area contributed by atoms with Gasteiger partial charge in [0.2, 0.25) is 5.91 Å². The number of ether oxygens (including phenoxy) is 2. The molecule has 3 amide bonds. The lowest BCUT2D eigenvalue weighted by Gasteiger charge is -2.15. The van der Waals surface area contributed by atoms with E-state index < -0.39 is 17.1 Å². The summed E-state index contributed by atoms with van der Waals surface area (Å²) < 4.78 is 10.5. The zero-order valence-corrected chi connectivity index (χ0v) is 28.2. The number of thiazole rings is 1. The van der Waals surface area contributed by atoms with Gasteiger partial charge in [-0.25, -0.2) is 4.98 Å². The van der Waals surface area contributed by atoms with E-state index in [0.29, 0.717) is 34.1 Å². The summed E-state index contributed by atoms with van der Waals surface area (Å²) in [5.74, 6) is 0.349.